The van der Waals surface area contributed by atoms with E-state index in [1.54, 1.807) is 0 Å². The molecule has 0 aromatic carbocycles. The standard InChI is InChI=1S/C12H22N2O/c1-9(2)11-12(6-4-5-7-13-12)8-10(15)14(11)3/h9,11,13H,4-8H2,1-3H3. The number of likely N-dealkylation sites (N-methyl/N-ethyl adjacent to an activating group) is 1. The molecule has 3 heteroatoms. The van der Waals surface area contributed by atoms with E-state index in [1.807, 2.05) is 11.9 Å². The molecular weight excluding hydrogens is 188 g/mol. The molecular formula is C12H22N2O. The maximum Gasteiger partial charge on any atom is 0.224 e. The minimum absolute atomic E-state index is 0.0816. The highest BCUT2D eigenvalue weighted by molar-refractivity contribution is 5.81. The molecule has 15 heavy (non-hydrogen) atoms. The lowest BCUT2D eigenvalue weighted by atomic mass is 9.78. The van der Waals surface area contributed by atoms with Crippen LogP contribution in [0, 0.1) is 5.92 Å². The van der Waals surface area contributed by atoms with E-state index in [9.17, 15) is 4.79 Å². The Hall–Kier alpha value is -0.570. The van der Waals surface area contributed by atoms with Crippen molar-refractivity contribution in [2.75, 3.05) is 13.6 Å². The van der Waals surface area contributed by atoms with Crippen LogP contribution in [0.2, 0.25) is 0 Å². The molecule has 2 aliphatic heterocycles. The van der Waals surface area contributed by atoms with Gasteiger partial charge in [-0.15, -0.1) is 0 Å². The minimum atomic E-state index is 0.0816. The van der Waals surface area contributed by atoms with Gasteiger partial charge in [0, 0.05) is 19.0 Å². The maximum absolute atomic E-state index is 11.8. The molecule has 1 amide bonds. The van der Waals surface area contributed by atoms with Crippen LogP contribution in [-0.4, -0.2) is 36.0 Å². The summed E-state index contributed by atoms with van der Waals surface area (Å²) in [6, 6.07) is 0.380. The minimum Gasteiger partial charge on any atom is -0.341 e. The molecule has 0 radical (unpaired) electrons. The number of carbonyl (C=O) groups excluding carboxylic acids is 1. The van der Waals surface area contributed by atoms with Crippen molar-refractivity contribution < 1.29 is 4.79 Å². The third-order valence-electron chi connectivity index (χ3n) is 4.00. The highest BCUT2D eigenvalue weighted by Gasteiger charge is 2.51. The first kappa shape index (κ1) is 10.9. The van der Waals surface area contributed by atoms with Crippen LogP contribution in [0.25, 0.3) is 0 Å². The van der Waals surface area contributed by atoms with Gasteiger partial charge in [0.15, 0.2) is 0 Å². The zero-order chi connectivity index (χ0) is 11.1. The number of amides is 1. The van der Waals surface area contributed by atoms with Crippen molar-refractivity contribution in [3.8, 4) is 0 Å². The molecule has 2 rings (SSSR count). The molecule has 2 saturated heterocycles. The molecule has 0 saturated carbocycles. The van der Waals surface area contributed by atoms with Crippen LogP contribution in [0.1, 0.15) is 39.5 Å². The highest BCUT2D eigenvalue weighted by Crippen LogP contribution is 2.38. The second-order valence-corrected chi connectivity index (χ2v) is 5.41. The van der Waals surface area contributed by atoms with Gasteiger partial charge in [0.05, 0.1) is 6.04 Å². The predicted octanol–water partition coefficient (Wildman–Crippen LogP) is 1.39. The zero-order valence-corrected chi connectivity index (χ0v) is 10.0. The Morgan fingerprint density at radius 2 is 2.20 bits per heavy atom. The first-order valence-corrected chi connectivity index (χ1v) is 6.07. The summed E-state index contributed by atoms with van der Waals surface area (Å²) in [5.74, 6) is 0.843. The Bertz CT molecular complexity index is 256. The van der Waals surface area contributed by atoms with E-state index in [2.05, 4.69) is 19.2 Å². The molecule has 86 valence electrons. The summed E-state index contributed by atoms with van der Waals surface area (Å²) >= 11 is 0. The van der Waals surface area contributed by atoms with Crippen LogP contribution in [0.5, 0.6) is 0 Å². The first-order valence-electron chi connectivity index (χ1n) is 6.07. The number of hydrogen-bond donors (Lipinski definition) is 1. The Morgan fingerprint density at radius 1 is 1.47 bits per heavy atom. The topological polar surface area (TPSA) is 32.3 Å². The summed E-state index contributed by atoms with van der Waals surface area (Å²) in [7, 11) is 1.96. The lowest BCUT2D eigenvalue weighted by Gasteiger charge is -2.42. The van der Waals surface area contributed by atoms with Crippen molar-refractivity contribution >= 4 is 5.91 Å². The molecule has 0 aromatic rings. The summed E-state index contributed by atoms with van der Waals surface area (Å²) in [6.45, 7) is 5.51. The first-order chi connectivity index (χ1) is 7.07. The maximum atomic E-state index is 11.8. The quantitative estimate of drug-likeness (QED) is 0.709. The highest BCUT2D eigenvalue weighted by atomic mass is 16.2. The summed E-state index contributed by atoms with van der Waals surface area (Å²) in [5, 5.41) is 3.62. The summed E-state index contributed by atoms with van der Waals surface area (Å²) < 4.78 is 0. The SMILES string of the molecule is CC(C)C1N(C)C(=O)CC12CCCCN2. The van der Waals surface area contributed by atoms with Crippen molar-refractivity contribution in [1.82, 2.24) is 10.2 Å². The second-order valence-electron chi connectivity index (χ2n) is 5.41. The number of hydrogen-bond acceptors (Lipinski definition) is 2. The molecule has 1 N–H and O–H groups in total. The molecule has 0 aromatic heterocycles. The Kier molecular flexibility index (Phi) is 2.75. The third-order valence-corrected chi connectivity index (χ3v) is 4.00. The average molecular weight is 210 g/mol. The number of piperidine rings is 1. The number of nitrogens with one attached hydrogen (secondary N) is 1. The van der Waals surface area contributed by atoms with E-state index < -0.39 is 0 Å². The van der Waals surface area contributed by atoms with Crippen LogP contribution < -0.4 is 5.32 Å². The second kappa shape index (κ2) is 3.78. The molecule has 2 aliphatic rings. The summed E-state index contributed by atoms with van der Waals surface area (Å²) in [5.41, 5.74) is 0.0816. The van der Waals surface area contributed by atoms with Crippen molar-refractivity contribution in [3.05, 3.63) is 0 Å². The summed E-state index contributed by atoms with van der Waals surface area (Å²) in [4.78, 5) is 13.8. The molecule has 2 fully saturated rings. The van der Waals surface area contributed by atoms with Crippen LogP contribution in [0.4, 0.5) is 0 Å². The van der Waals surface area contributed by atoms with Crippen molar-refractivity contribution in [1.29, 1.82) is 0 Å². The van der Waals surface area contributed by atoms with E-state index in [0.29, 0.717) is 24.3 Å². The monoisotopic (exact) mass is 210 g/mol. The molecule has 0 bridgehead atoms. The Balaban J connectivity index is 2.25. The van der Waals surface area contributed by atoms with Gasteiger partial charge >= 0.3 is 0 Å². The molecule has 2 atom stereocenters. The molecule has 1 spiro atoms. The summed E-state index contributed by atoms with van der Waals surface area (Å²) in [6.07, 6.45) is 4.38. The van der Waals surface area contributed by atoms with Crippen molar-refractivity contribution in [2.24, 2.45) is 5.92 Å². The smallest absolute Gasteiger partial charge is 0.224 e. The van der Waals surface area contributed by atoms with Gasteiger partial charge in [-0.2, -0.15) is 0 Å². The zero-order valence-electron chi connectivity index (χ0n) is 10.0. The van der Waals surface area contributed by atoms with Crippen LogP contribution in [-0.2, 0) is 4.79 Å². The van der Waals surface area contributed by atoms with E-state index in [-0.39, 0.29) is 5.54 Å². The Labute approximate surface area is 92.2 Å². The Morgan fingerprint density at radius 3 is 2.73 bits per heavy atom. The van der Waals surface area contributed by atoms with Crippen LogP contribution in [0.3, 0.4) is 0 Å². The molecule has 2 unspecified atom stereocenters. The molecule has 2 heterocycles. The van der Waals surface area contributed by atoms with Gasteiger partial charge in [-0.3, -0.25) is 4.79 Å². The fourth-order valence-corrected chi connectivity index (χ4v) is 3.50. The van der Waals surface area contributed by atoms with Gasteiger partial charge in [0.1, 0.15) is 0 Å². The van der Waals surface area contributed by atoms with Crippen molar-refractivity contribution in [2.45, 2.75) is 51.1 Å². The third kappa shape index (κ3) is 1.67. The fraction of sp³-hybridized carbons (Fsp3) is 0.917. The van der Waals surface area contributed by atoms with Gasteiger partial charge in [-0.05, 0) is 25.3 Å². The number of carbonyl (C=O) groups is 1. The van der Waals surface area contributed by atoms with Crippen LogP contribution in [0.15, 0.2) is 0 Å². The van der Waals surface area contributed by atoms with E-state index in [1.165, 1.54) is 12.8 Å². The molecule has 3 nitrogen and oxygen atoms in total. The number of nitrogens with zero attached hydrogens (tertiary/aromatic N) is 1. The van der Waals surface area contributed by atoms with E-state index in [4.69, 9.17) is 0 Å². The van der Waals surface area contributed by atoms with Gasteiger partial charge in [-0.1, -0.05) is 20.3 Å². The van der Waals surface area contributed by atoms with E-state index >= 15 is 0 Å². The lowest BCUT2D eigenvalue weighted by molar-refractivity contribution is -0.128. The number of rotatable bonds is 1. The predicted molar refractivity (Wildman–Crippen MR) is 60.6 cm³/mol. The van der Waals surface area contributed by atoms with Gasteiger partial charge in [0.25, 0.3) is 0 Å². The fourth-order valence-electron chi connectivity index (χ4n) is 3.50. The largest absolute Gasteiger partial charge is 0.341 e. The lowest BCUT2D eigenvalue weighted by Crippen LogP contribution is -2.58. The normalized spacial score (nSPS) is 36.9. The van der Waals surface area contributed by atoms with Crippen LogP contribution >= 0.6 is 0 Å². The van der Waals surface area contributed by atoms with Gasteiger partial charge < -0.3 is 10.2 Å². The van der Waals surface area contributed by atoms with Crippen molar-refractivity contribution in [3.63, 3.8) is 0 Å². The number of likely N-dealkylation sites (tertiary alicyclic amines) is 1. The van der Waals surface area contributed by atoms with E-state index in [0.717, 1.165) is 13.0 Å². The van der Waals surface area contributed by atoms with Gasteiger partial charge in [-0.25, -0.2) is 0 Å². The van der Waals surface area contributed by atoms with Gasteiger partial charge in [0.2, 0.25) is 5.91 Å². The average Bonchev–Trinajstić information content (AvgIpc) is 2.40. The molecule has 0 aliphatic carbocycles.